The SMILES string of the molecule is COCCN.COCCNc1ccccc1[N+](=O)[O-].O=[N+]([O-])c1ccccc1F. The van der Waals surface area contributed by atoms with Crippen molar-refractivity contribution in [1.29, 1.82) is 0 Å². The Morgan fingerprint density at radius 1 is 0.931 bits per heavy atom. The van der Waals surface area contributed by atoms with Crippen LogP contribution in [0, 0.1) is 26.0 Å². The van der Waals surface area contributed by atoms with Crippen molar-refractivity contribution in [3.8, 4) is 0 Å². The summed E-state index contributed by atoms with van der Waals surface area (Å²) >= 11 is 0. The number of nitrogens with one attached hydrogen (secondary N) is 1. The minimum absolute atomic E-state index is 0.0867. The van der Waals surface area contributed by atoms with E-state index in [2.05, 4.69) is 10.1 Å². The van der Waals surface area contributed by atoms with E-state index in [1.54, 1.807) is 32.4 Å². The number of para-hydroxylation sites is 3. The van der Waals surface area contributed by atoms with Crippen molar-refractivity contribution in [2.45, 2.75) is 0 Å². The molecule has 29 heavy (non-hydrogen) atoms. The van der Waals surface area contributed by atoms with E-state index in [1.165, 1.54) is 18.2 Å². The largest absolute Gasteiger partial charge is 0.383 e. The lowest BCUT2D eigenvalue weighted by Crippen LogP contribution is -2.08. The van der Waals surface area contributed by atoms with E-state index in [9.17, 15) is 24.6 Å². The van der Waals surface area contributed by atoms with Crippen LogP contribution in [-0.2, 0) is 9.47 Å². The molecule has 0 radical (unpaired) electrons. The molecule has 0 aliphatic carbocycles. The first-order valence-corrected chi connectivity index (χ1v) is 8.43. The van der Waals surface area contributed by atoms with Crippen molar-refractivity contribution in [3.63, 3.8) is 0 Å². The van der Waals surface area contributed by atoms with Gasteiger partial charge in [-0.3, -0.25) is 20.2 Å². The molecule has 0 atom stereocenters. The smallest absolute Gasteiger partial charge is 0.304 e. The predicted octanol–water partition coefficient (Wildman–Crippen LogP) is 2.98. The third-order valence-corrected chi connectivity index (χ3v) is 3.09. The molecular formula is C18H25FN4O6. The van der Waals surface area contributed by atoms with E-state index in [4.69, 9.17) is 10.5 Å². The van der Waals surface area contributed by atoms with Gasteiger partial charge >= 0.3 is 5.69 Å². The number of hydrogen-bond donors (Lipinski definition) is 2. The summed E-state index contributed by atoms with van der Waals surface area (Å²) in [5.41, 5.74) is 5.14. The zero-order valence-electron chi connectivity index (χ0n) is 16.2. The van der Waals surface area contributed by atoms with Crippen LogP contribution in [0.25, 0.3) is 0 Å². The second-order valence-electron chi connectivity index (χ2n) is 5.18. The highest BCUT2D eigenvalue weighted by molar-refractivity contribution is 5.60. The molecule has 0 unspecified atom stereocenters. The molecule has 0 saturated heterocycles. The van der Waals surface area contributed by atoms with Gasteiger partial charge in [0.25, 0.3) is 5.69 Å². The number of nitro groups is 2. The van der Waals surface area contributed by atoms with Crippen LogP contribution in [0.1, 0.15) is 0 Å². The average Bonchev–Trinajstić information content (AvgIpc) is 2.70. The number of benzene rings is 2. The van der Waals surface area contributed by atoms with Crippen LogP contribution in [0.15, 0.2) is 48.5 Å². The van der Waals surface area contributed by atoms with Crippen LogP contribution in [0.5, 0.6) is 0 Å². The van der Waals surface area contributed by atoms with Gasteiger partial charge in [0.05, 0.1) is 23.1 Å². The minimum atomic E-state index is -0.799. The molecule has 0 aromatic heterocycles. The van der Waals surface area contributed by atoms with Crippen LogP contribution >= 0.6 is 0 Å². The van der Waals surface area contributed by atoms with Gasteiger partial charge < -0.3 is 20.5 Å². The number of halogens is 1. The molecule has 0 fully saturated rings. The number of hydrogen-bond acceptors (Lipinski definition) is 8. The highest BCUT2D eigenvalue weighted by Gasteiger charge is 2.11. The minimum Gasteiger partial charge on any atom is -0.383 e. The van der Waals surface area contributed by atoms with Gasteiger partial charge in [0.2, 0.25) is 5.82 Å². The Bertz CT molecular complexity index is 746. The molecule has 160 valence electrons. The van der Waals surface area contributed by atoms with E-state index in [1.807, 2.05) is 0 Å². The van der Waals surface area contributed by atoms with Crippen molar-refractivity contribution < 1.29 is 23.7 Å². The van der Waals surface area contributed by atoms with E-state index in [-0.39, 0.29) is 5.69 Å². The third kappa shape index (κ3) is 11.3. The van der Waals surface area contributed by atoms with Gasteiger partial charge in [-0.1, -0.05) is 24.3 Å². The molecule has 3 N–H and O–H groups in total. The molecule has 2 aromatic rings. The summed E-state index contributed by atoms with van der Waals surface area (Å²) in [5, 5.41) is 23.5. The van der Waals surface area contributed by atoms with Gasteiger partial charge in [0.1, 0.15) is 5.69 Å². The van der Waals surface area contributed by atoms with Crippen LogP contribution < -0.4 is 11.1 Å². The maximum absolute atomic E-state index is 12.4. The quantitative estimate of drug-likeness (QED) is 0.383. The fourth-order valence-electron chi connectivity index (χ4n) is 1.79. The summed E-state index contributed by atoms with van der Waals surface area (Å²) in [7, 11) is 3.22. The summed E-state index contributed by atoms with van der Waals surface area (Å²) < 4.78 is 21.8. The van der Waals surface area contributed by atoms with Crippen molar-refractivity contribution in [2.24, 2.45) is 5.73 Å². The number of nitro benzene ring substituents is 2. The van der Waals surface area contributed by atoms with E-state index in [0.29, 0.717) is 32.0 Å². The molecule has 2 rings (SSSR count). The van der Waals surface area contributed by atoms with Gasteiger partial charge in [-0.15, -0.1) is 0 Å². The van der Waals surface area contributed by atoms with Gasteiger partial charge in [-0.25, -0.2) is 0 Å². The second kappa shape index (κ2) is 15.9. The molecule has 2 aromatic carbocycles. The topological polar surface area (TPSA) is 143 Å². The Balaban J connectivity index is 0.000000455. The molecule has 0 saturated carbocycles. The summed E-state index contributed by atoms with van der Waals surface area (Å²) in [6, 6.07) is 11.5. The molecule has 10 nitrogen and oxygen atoms in total. The Morgan fingerprint density at radius 3 is 1.86 bits per heavy atom. The molecule has 0 aliphatic heterocycles. The first-order chi connectivity index (χ1) is 13.9. The van der Waals surface area contributed by atoms with Gasteiger partial charge in [0, 0.05) is 39.4 Å². The lowest BCUT2D eigenvalue weighted by Gasteiger charge is -2.05. The molecule has 0 heterocycles. The average molecular weight is 412 g/mol. The lowest BCUT2D eigenvalue weighted by atomic mass is 10.2. The summed E-state index contributed by atoms with van der Waals surface area (Å²) in [6.07, 6.45) is 0. The highest BCUT2D eigenvalue weighted by Crippen LogP contribution is 2.22. The number of anilines is 1. The number of methoxy groups -OCH3 is 2. The van der Waals surface area contributed by atoms with Crippen molar-refractivity contribution in [3.05, 3.63) is 74.6 Å². The van der Waals surface area contributed by atoms with Gasteiger partial charge in [0.15, 0.2) is 0 Å². The van der Waals surface area contributed by atoms with Crippen LogP contribution in [-0.4, -0.2) is 50.4 Å². The summed E-state index contributed by atoms with van der Waals surface area (Å²) in [6.45, 7) is 2.36. The summed E-state index contributed by atoms with van der Waals surface area (Å²) in [4.78, 5) is 19.4. The van der Waals surface area contributed by atoms with E-state index in [0.717, 1.165) is 12.1 Å². The molecule has 11 heteroatoms. The third-order valence-electron chi connectivity index (χ3n) is 3.09. The maximum Gasteiger partial charge on any atom is 0.304 e. The number of ether oxygens (including phenoxy) is 2. The molecule has 0 aliphatic rings. The zero-order valence-corrected chi connectivity index (χ0v) is 16.2. The molecule has 0 bridgehead atoms. The Hall–Kier alpha value is -3.15. The van der Waals surface area contributed by atoms with Gasteiger partial charge in [-0.05, 0) is 12.1 Å². The Labute approximate surface area is 167 Å². The predicted molar refractivity (Wildman–Crippen MR) is 107 cm³/mol. The Kier molecular flexibility index (Phi) is 14.1. The fraction of sp³-hybridized carbons (Fsp3) is 0.333. The standard InChI is InChI=1S/C9H12N2O3.C6H4FNO2.C3H9NO/c1-14-7-6-10-8-4-2-3-5-9(8)11(12)13;7-5-3-1-2-4-6(5)8(9)10;1-5-3-2-4/h2-5,10H,6-7H2,1H3;1-4H;2-4H2,1H3. The van der Waals surface area contributed by atoms with E-state index >= 15 is 0 Å². The first-order valence-electron chi connectivity index (χ1n) is 8.43. The highest BCUT2D eigenvalue weighted by atomic mass is 19.1. The number of nitrogens with two attached hydrogens (primary N) is 1. The van der Waals surface area contributed by atoms with Crippen molar-refractivity contribution >= 4 is 17.1 Å². The fourth-order valence-corrected chi connectivity index (χ4v) is 1.79. The Morgan fingerprint density at radius 2 is 1.45 bits per heavy atom. The zero-order chi connectivity index (χ0) is 22.1. The maximum atomic E-state index is 12.4. The monoisotopic (exact) mass is 412 g/mol. The molecule has 0 amide bonds. The lowest BCUT2D eigenvalue weighted by molar-refractivity contribution is -0.387. The van der Waals surface area contributed by atoms with Crippen molar-refractivity contribution in [1.82, 2.24) is 0 Å². The van der Waals surface area contributed by atoms with Crippen LogP contribution in [0.3, 0.4) is 0 Å². The molecule has 0 spiro atoms. The summed E-state index contributed by atoms with van der Waals surface area (Å²) in [5.74, 6) is -0.799. The normalized spacial score (nSPS) is 9.38. The number of rotatable bonds is 8. The van der Waals surface area contributed by atoms with Crippen molar-refractivity contribution in [2.75, 3.05) is 45.8 Å². The van der Waals surface area contributed by atoms with Crippen LogP contribution in [0.2, 0.25) is 0 Å². The van der Waals surface area contributed by atoms with E-state index < -0.39 is 21.4 Å². The first kappa shape index (κ1) is 25.9. The van der Waals surface area contributed by atoms with Gasteiger partial charge in [-0.2, -0.15) is 4.39 Å². The second-order valence-corrected chi connectivity index (χ2v) is 5.18. The number of nitrogens with zero attached hydrogens (tertiary/aromatic N) is 2. The van der Waals surface area contributed by atoms with Crippen LogP contribution in [0.4, 0.5) is 21.5 Å². The molecular weight excluding hydrogens is 387 g/mol.